The number of amides is 1. The highest BCUT2D eigenvalue weighted by Gasteiger charge is 2.39. The van der Waals surface area contributed by atoms with Crippen molar-refractivity contribution in [2.45, 2.75) is 108 Å². The number of ether oxygens (including phenoxy) is 1. The first-order chi connectivity index (χ1) is 19.1. The van der Waals surface area contributed by atoms with Gasteiger partial charge >= 0.3 is 6.18 Å². The number of nitrogens with zero attached hydrogens (tertiary/aromatic N) is 1. The van der Waals surface area contributed by atoms with E-state index >= 15 is 0 Å². The Balaban J connectivity index is 1.83. The van der Waals surface area contributed by atoms with Gasteiger partial charge in [0.15, 0.2) is 0 Å². The first-order valence-corrected chi connectivity index (χ1v) is 15.9. The molecule has 2 N–H and O–H groups in total. The molecule has 228 valence electrons. The molecule has 7 nitrogen and oxygen atoms in total. The zero-order chi connectivity index (χ0) is 30.2. The highest BCUT2D eigenvalue weighted by Crippen LogP contribution is 2.41. The average molecular weight is 598 g/mol. The number of halogens is 3. The summed E-state index contributed by atoms with van der Waals surface area (Å²) in [7, 11) is -4.46. The second kappa shape index (κ2) is 12.1. The third kappa shape index (κ3) is 7.35. The second-order valence-electron chi connectivity index (χ2n) is 12.5. The molecule has 0 bridgehead atoms. The summed E-state index contributed by atoms with van der Waals surface area (Å²) < 4.78 is 78.8. The van der Waals surface area contributed by atoms with Crippen LogP contribution in [0.3, 0.4) is 0 Å². The van der Waals surface area contributed by atoms with Crippen LogP contribution in [0.5, 0.6) is 0 Å². The van der Waals surface area contributed by atoms with E-state index in [1.807, 2.05) is 11.5 Å². The zero-order valence-electron chi connectivity index (χ0n) is 24.5. The largest absolute Gasteiger partial charge is 0.417 e. The Kier molecular flexibility index (Phi) is 9.31. The number of rotatable bonds is 7. The summed E-state index contributed by atoms with van der Waals surface area (Å²) in [6.07, 6.45) is 1.83. The molecule has 1 saturated carbocycles. The van der Waals surface area contributed by atoms with Crippen molar-refractivity contribution in [3.8, 4) is 11.3 Å². The molecule has 1 atom stereocenters. The fourth-order valence-corrected chi connectivity index (χ4v) is 7.76. The Labute approximate surface area is 241 Å². The fraction of sp³-hybridized carbons (Fsp3) is 0.633. The first-order valence-electron chi connectivity index (χ1n) is 14.4. The predicted octanol–water partition coefficient (Wildman–Crippen LogP) is 6.61. The number of hydrogen-bond donors (Lipinski definition) is 2. The molecule has 0 spiro atoms. The van der Waals surface area contributed by atoms with E-state index in [2.05, 4.69) is 17.0 Å². The molecule has 0 unspecified atom stereocenters. The normalized spacial score (nSPS) is 18.8. The average Bonchev–Trinajstić information content (AvgIpc) is 3.24. The second-order valence-corrected chi connectivity index (χ2v) is 14.1. The molecule has 0 radical (unpaired) electrons. The van der Waals surface area contributed by atoms with E-state index in [1.54, 1.807) is 26.8 Å². The number of alkyl halides is 3. The van der Waals surface area contributed by atoms with E-state index in [-0.39, 0.29) is 23.6 Å². The summed E-state index contributed by atoms with van der Waals surface area (Å²) in [5.41, 5.74) is -0.431. The third-order valence-electron chi connectivity index (χ3n) is 8.14. The van der Waals surface area contributed by atoms with Gasteiger partial charge in [0.05, 0.1) is 16.0 Å². The lowest BCUT2D eigenvalue weighted by atomic mass is 9.84. The first kappa shape index (κ1) is 31.6. The molecule has 2 heterocycles. The highest BCUT2D eigenvalue weighted by atomic mass is 32.2. The van der Waals surface area contributed by atoms with E-state index in [0.29, 0.717) is 48.9 Å². The fourth-order valence-electron chi connectivity index (χ4n) is 6.13. The summed E-state index contributed by atoms with van der Waals surface area (Å²) in [5.74, 6) is 0.0487. The van der Waals surface area contributed by atoms with Crippen LogP contribution in [0.4, 0.5) is 13.2 Å². The van der Waals surface area contributed by atoms with Crippen LogP contribution in [0.1, 0.15) is 100 Å². The lowest BCUT2D eigenvalue weighted by Crippen LogP contribution is -2.41. The van der Waals surface area contributed by atoms with Gasteiger partial charge in [0.1, 0.15) is 0 Å². The Bertz CT molecular complexity index is 1350. The van der Waals surface area contributed by atoms with Crippen LogP contribution in [-0.2, 0) is 20.9 Å². The maximum Gasteiger partial charge on any atom is 0.417 e. The molecule has 11 heteroatoms. The molecule has 2 fully saturated rings. The topological polar surface area (TPSA) is 89.4 Å². The number of nitrogens with one attached hydrogen (secondary N) is 2. The molecule has 2 aromatic rings. The van der Waals surface area contributed by atoms with Crippen LogP contribution < -0.4 is 10.0 Å². The number of carbonyl (C=O) groups is 1. The molecule has 4 rings (SSSR count). The summed E-state index contributed by atoms with van der Waals surface area (Å²) in [4.78, 5) is 12.6. The van der Waals surface area contributed by atoms with Crippen molar-refractivity contribution in [2.24, 2.45) is 5.92 Å². The maximum atomic E-state index is 14.4. The zero-order valence-corrected chi connectivity index (χ0v) is 25.3. The highest BCUT2D eigenvalue weighted by molar-refractivity contribution is 7.89. The quantitative estimate of drug-likeness (QED) is 0.376. The van der Waals surface area contributed by atoms with Gasteiger partial charge in [0.25, 0.3) is 5.91 Å². The van der Waals surface area contributed by atoms with Crippen LogP contribution in [0, 0.1) is 12.8 Å². The van der Waals surface area contributed by atoms with Crippen LogP contribution in [0.15, 0.2) is 29.2 Å². The molecule has 1 aromatic carbocycles. The summed E-state index contributed by atoms with van der Waals surface area (Å²) in [5, 5.41) is 3.07. The Hall–Kier alpha value is -2.37. The van der Waals surface area contributed by atoms with Crippen molar-refractivity contribution < 1.29 is 31.1 Å². The SMILES string of the molecule is Cc1c(C(=O)NC2CCOCC2)cc(-c2ccc(S(=O)(=O)NC(C)(C)C)c(C(F)(F)F)c2)n1[C@H](C)C1CCCCC1. The van der Waals surface area contributed by atoms with E-state index in [4.69, 9.17) is 4.74 Å². The smallest absolute Gasteiger partial charge is 0.381 e. The van der Waals surface area contributed by atoms with E-state index in [1.165, 1.54) is 6.07 Å². The van der Waals surface area contributed by atoms with Crippen molar-refractivity contribution in [1.82, 2.24) is 14.6 Å². The van der Waals surface area contributed by atoms with E-state index < -0.39 is 32.2 Å². The lowest BCUT2D eigenvalue weighted by Gasteiger charge is -2.31. The van der Waals surface area contributed by atoms with Crippen LogP contribution >= 0.6 is 0 Å². The van der Waals surface area contributed by atoms with Gasteiger partial charge in [-0.3, -0.25) is 4.79 Å². The summed E-state index contributed by atoms with van der Waals surface area (Å²) in [6.45, 7) is 9.73. The molecule has 1 aliphatic carbocycles. The van der Waals surface area contributed by atoms with Gasteiger partial charge in [-0.25, -0.2) is 13.1 Å². The minimum atomic E-state index is -4.91. The molecule has 1 aliphatic heterocycles. The molecular formula is C30H42F3N3O4S. The standard InChI is InChI=1S/C30H42F3N3O4S/c1-19(21-9-7-6-8-10-21)36-20(2)24(28(37)34-23-13-15-40-16-14-23)18-26(36)22-11-12-27(25(17-22)30(31,32)33)41(38,39)35-29(3,4)5/h11-12,17-19,21,23,35H,6-10,13-16H2,1-5H3,(H,34,37)/t19-/m1/s1. The number of aromatic nitrogens is 1. The van der Waals surface area contributed by atoms with Gasteiger partial charge in [-0.05, 0) is 90.0 Å². The van der Waals surface area contributed by atoms with Crippen LogP contribution in [0.25, 0.3) is 11.3 Å². The van der Waals surface area contributed by atoms with Gasteiger partial charge < -0.3 is 14.6 Å². The van der Waals surface area contributed by atoms with Gasteiger partial charge in [-0.2, -0.15) is 13.2 Å². The van der Waals surface area contributed by atoms with Crippen molar-refractivity contribution >= 4 is 15.9 Å². The Morgan fingerprint density at radius 2 is 1.66 bits per heavy atom. The van der Waals surface area contributed by atoms with Crippen LogP contribution in [0.2, 0.25) is 0 Å². The molecular weight excluding hydrogens is 555 g/mol. The van der Waals surface area contributed by atoms with E-state index in [9.17, 15) is 26.4 Å². The minimum Gasteiger partial charge on any atom is -0.381 e. The Morgan fingerprint density at radius 3 is 2.24 bits per heavy atom. The predicted molar refractivity (Wildman–Crippen MR) is 152 cm³/mol. The van der Waals surface area contributed by atoms with E-state index in [0.717, 1.165) is 44.2 Å². The number of benzene rings is 1. The molecule has 1 aromatic heterocycles. The van der Waals surface area contributed by atoms with Gasteiger partial charge in [0.2, 0.25) is 10.0 Å². The lowest BCUT2D eigenvalue weighted by molar-refractivity contribution is -0.139. The Morgan fingerprint density at radius 1 is 1.02 bits per heavy atom. The minimum absolute atomic E-state index is 0.0325. The maximum absolute atomic E-state index is 14.4. The third-order valence-corrected chi connectivity index (χ3v) is 9.96. The molecule has 41 heavy (non-hydrogen) atoms. The molecule has 1 saturated heterocycles. The molecule has 1 amide bonds. The number of carbonyl (C=O) groups excluding carboxylic acids is 1. The summed E-state index contributed by atoms with van der Waals surface area (Å²) >= 11 is 0. The van der Waals surface area contributed by atoms with Crippen molar-refractivity contribution in [1.29, 1.82) is 0 Å². The number of hydrogen-bond acceptors (Lipinski definition) is 4. The number of sulfonamides is 1. The molecule has 2 aliphatic rings. The summed E-state index contributed by atoms with van der Waals surface area (Å²) in [6, 6.07) is 4.89. The van der Waals surface area contributed by atoms with Crippen LogP contribution in [-0.4, -0.2) is 43.7 Å². The van der Waals surface area contributed by atoms with Crippen molar-refractivity contribution in [3.05, 3.63) is 41.1 Å². The van der Waals surface area contributed by atoms with Crippen molar-refractivity contribution in [3.63, 3.8) is 0 Å². The monoisotopic (exact) mass is 597 g/mol. The van der Waals surface area contributed by atoms with Gasteiger partial charge in [0, 0.05) is 42.2 Å². The van der Waals surface area contributed by atoms with Crippen molar-refractivity contribution in [2.75, 3.05) is 13.2 Å². The van der Waals surface area contributed by atoms with Gasteiger partial charge in [-0.1, -0.05) is 25.3 Å². The van der Waals surface area contributed by atoms with Gasteiger partial charge in [-0.15, -0.1) is 0 Å².